The van der Waals surface area contributed by atoms with Crippen molar-refractivity contribution < 1.29 is 14.4 Å². The number of aromatic nitrogens is 2. The summed E-state index contributed by atoms with van der Waals surface area (Å²) in [6.45, 7) is 1.87. The minimum absolute atomic E-state index is 0.161. The van der Waals surface area contributed by atoms with Gasteiger partial charge in [-0.15, -0.1) is 11.3 Å². The molecule has 0 fully saturated rings. The monoisotopic (exact) mass is 210 g/mol. The van der Waals surface area contributed by atoms with Gasteiger partial charge in [0.2, 0.25) is 5.76 Å². The van der Waals surface area contributed by atoms with Crippen molar-refractivity contribution in [3.05, 3.63) is 23.0 Å². The van der Waals surface area contributed by atoms with Crippen molar-refractivity contribution in [2.75, 3.05) is 0 Å². The van der Waals surface area contributed by atoms with Crippen LogP contribution in [0.25, 0.3) is 10.6 Å². The zero-order chi connectivity index (χ0) is 10.1. The van der Waals surface area contributed by atoms with E-state index in [1.165, 1.54) is 17.4 Å². The average molecular weight is 210 g/mol. The van der Waals surface area contributed by atoms with Crippen LogP contribution >= 0.6 is 11.3 Å². The van der Waals surface area contributed by atoms with Crippen molar-refractivity contribution in [1.82, 2.24) is 10.1 Å². The van der Waals surface area contributed by atoms with Crippen LogP contribution in [0, 0.1) is 6.92 Å². The molecule has 1 N–H and O–H groups in total. The fraction of sp³-hybridized carbons (Fsp3) is 0.125. The molecule has 0 amide bonds. The molecule has 5 nitrogen and oxygen atoms in total. The van der Waals surface area contributed by atoms with Crippen LogP contribution in [0.4, 0.5) is 0 Å². The average Bonchev–Trinajstić information content (AvgIpc) is 2.70. The Morgan fingerprint density at radius 1 is 1.64 bits per heavy atom. The van der Waals surface area contributed by atoms with Gasteiger partial charge in [0, 0.05) is 12.3 Å². The van der Waals surface area contributed by atoms with Crippen LogP contribution in [-0.4, -0.2) is 21.2 Å². The van der Waals surface area contributed by atoms with Crippen molar-refractivity contribution in [2.45, 2.75) is 6.92 Å². The molecule has 2 rings (SSSR count). The maximum atomic E-state index is 10.5. The Morgan fingerprint density at radius 3 is 2.93 bits per heavy atom. The first-order valence-electron chi connectivity index (χ1n) is 3.79. The fourth-order valence-corrected chi connectivity index (χ4v) is 1.70. The number of carboxylic acids is 1. The summed E-state index contributed by atoms with van der Waals surface area (Å²) >= 11 is 1.44. The van der Waals surface area contributed by atoms with E-state index >= 15 is 0 Å². The maximum absolute atomic E-state index is 10.5. The largest absolute Gasteiger partial charge is 0.475 e. The van der Waals surface area contributed by atoms with E-state index in [1.54, 1.807) is 6.20 Å². The Kier molecular flexibility index (Phi) is 2.05. The molecule has 0 saturated carbocycles. The lowest BCUT2D eigenvalue weighted by atomic mass is 10.3. The third-order valence-electron chi connectivity index (χ3n) is 1.59. The summed E-state index contributed by atoms with van der Waals surface area (Å²) in [4.78, 5) is 15.3. The summed E-state index contributed by atoms with van der Waals surface area (Å²) in [6, 6.07) is 1.38. The molecule has 0 saturated heterocycles. The summed E-state index contributed by atoms with van der Waals surface area (Å²) in [7, 11) is 0. The first kappa shape index (κ1) is 8.89. The van der Waals surface area contributed by atoms with Crippen LogP contribution in [0.5, 0.6) is 0 Å². The molecule has 2 aromatic rings. The molecule has 0 bridgehead atoms. The third-order valence-corrected chi connectivity index (χ3v) is 2.53. The zero-order valence-corrected chi connectivity index (χ0v) is 8.04. The highest BCUT2D eigenvalue weighted by molar-refractivity contribution is 7.15. The van der Waals surface area contributed by atoms with Gasteiger partial charge in [-0.3, -0.25) is 0 Å². The molecular weight excluding hydrogens is 204 g/mol. The minimum Gasteiger partial charge on any atom is -0.475 e. The van der Waals surface area contributed by atoms with Gasteiger partial charge in [-0.25, -0.2) is 9.78 Å². The number of carbonyl (C=O) groups is 1. The molecule has 0 aliphatic heterocycles. The first-order valence-corrected chi connectivity index (χ1v) is 4.61. The number of hydrogen-bond donors (Lipinski definition) is 1. The number of hydrogen-bond acceptors (Lipinski definition) is 5. The predicted molar refractivity (Wildman–Crippen MR) is 49.3 cm³/mol. The number of nitrogens with zero attached hydrogens (tertiary/aromatic N) is 2. The summed E-state index contributed by atoms with van der Waals surface area (Å²) in [5, 5.41) is 13.1. The maximum Gasteiger partial charge on any atom is 0.374 e. The van der Waals surface area contributed by atoms with Crippen LogP contribution in [0.2, 0.25) is 0 Å². The Balaban J connectivity index is 2.38. The number of thiazole rings is 1. The van der Waals surface area contributed by atoms with Gasteiger partial charge in [-0.1, -0.05) is 5.16 Å². The van der Waals surface area contributed by atoms with E-state index in [0.29, 0.717) is 5.69 Å². The van der Waals surface area contributed by atoms with E-state index in [0.717, 1.165) is 9.88 Å². The second-order valence-electron chi connectivity index (χ2n) is 2.63. The highest BCUT2D eigenvalue weighted by Gasteiger charge is 2.13. The lowest BCUT2D eigenvalue weighted by molar-refractivity contribution is 0.0652. The van der Waals surface area contributed by atoms with Crippen molar-refractivity contribution in [1.29, 1.82) is 0 Å². The molecule has 2 aromatic heterocycles. The lowest BCUT2D eigenvalue weighted by Crippen LogP contribution is -1.91. The molecule has 0 atom stereocenters. The van der Waals surface area contributed by atoms with Crippen molar-refractivity contribution in [3.63, 3.8) is 0 Å². The van der Waals surface area contributed by atoms with Crippen molar-refractivity contribution >= 4 is 17.3 Å². The standard InChI is InChI=1S/C8H6N2O3S/c1-4-9-3-7(14-4)5-2-6(8(11)12)13-10-5/h2-3H,1H3,(H,11,12). The number of rotatable bonds is 2. The zero-order valence-electron chi connectivity index (χ0n) is 7.22. The van der Waals surface area contributed by atoms with Gasteiger partial charge < -0.3 is 9.63 Å². The normalized spacial score (nSPS) is 10.4. The van der Waals surface area contributed by atoms with Gasteiger partial charge >= 0.3 is 5.97 Å². The van der Waals surface area contributed by atoms with Crippen molar-refractivity contribution in [3.8, 4) is 10.6 Å². The summed E-state index contributed by atoms with van der Waals surface area (Å²) in [5.74, 6) is -1.28. The van der Waals surface area contributed by atoms with Crippen LogP contribution in [0.15, 0.2) is 16.8 Å². The van der Waals surface area contributed by atoms with E-state index in [4.69, 9.17) is 5.11 Å². The van der Waals surface area contributed by atoms with Crippen LogP contribution in [0.3, 0.4) is 0 Å². The van der Waals surface area contributed by atoms with Gasteiger partial charge in [0.1, 0.15) is 5.69 Å². The third kappa shape index (κ3) is 1.51. The lowest BCUT2D eigenvalue weighted by Gasteiger charge is -1.81. The quantitative estimate of drug-likeness (QED) is 0.817. The molecule has 14 heavy (non-hydrogen) atoms. The van der Waals surface area contributed by atoms with Crippen LogP contribution in [-0.2, 0) is 0 Å². The molecule has 0 aliphatic carbocycles. The summed E-state index contributed by atoms with van der Waals surface area (Å²) in [5.41, 5.74) is 0.507. The molecule has 2 heterocycles. The smallest absolute Gasteiger partial charge is 0.374 e. The molecule has 72 valence electrons. The predicted octanol–water partition coefficient (Wildman–Crippen LogP) is 1.80. The Morgan fingerprint density at radius 2 is 2.43 bits per heavy atom. The molecular formula is C8H6N2O3S. The van der Waals surface area contributed by atoms with Gasteiger partial charge in [-0.05, 0) is 6.92 Å². The van der Waals surface area contributed by atoms with Gasteiger partial charge in [0.25, 0.3) is 0 Å². The van der Waals surface area contributed by atoms with E-state index in [1.807, 2.05) is 6.92 Å². The second-order valence-corrected chi connectivity index (χ2v) is 3.86. The Labute approximate surface area is 83.0 Å². The van der Waals surface area contributed by atoms with E-state index in [2.05, 4.69) is 14.7 Å². The number of aromatic carboxylic acids is 1. The number of carboxylic acid groups (broad SMARTS) is 1. The Bertz CT molecular complexity index is 474. The molecule has 0 spiro atoms. The minimum atomic E-state index is -1.12. The SMILES string of the molecule is Cc1ncc(-c2cc(C(=O)O)on2)s1. The second kappa shape index (κ2) is 3.22. The Hall–Kier alpha value is -1.69. The molecule has 0 radical (unpaired) electrons. The fourth-order valence-electron chi connectivity index (χ4n) is 0.972. The van der Waals surface area contributed by atoms with Gasteiger partial charge in [0.15, 0.2) is 0 Å². The van der Waals surface area contributed by atoms with Crippen molar-refractivity contribution in [2.24, 2.45) is 0 Å². The van der Waals surface area contributed by atoms with Crippen LogP contribution in [0.1, 0.15) is 15.6 Å². The molecule has 6 heteroatoms. The molecule has 0 aromatic carbocycles. The highest BCUT2D eigenvalue weighted by atomic mass is 32.1. The van der Waals surface area contributed by atoms with E-state index < -0.39 is 5.97 Å². The topological polar surface area (TPSA) is 76.2 Å². The van der Waals surface area contributed by atoms with E-state index in [-0.39, 0.29) is 5.76 Å². The first-order chi connectivity index (χ1) is 6.66. The number of aryl methyl sites for hydroxylation is 1. The molecule has 0 aliphatic rings. The summed E-state index contributed by atoms with van der Waals surface area (Å²) < 4.78 is 4.62. The van der Waals surface area contributed by atoms with Crippen LogP contribution < -0.4 is 0 Å². The summed E-state index contributed by atoms with van der Waals surface area (Å²) in [6.07, 6.45) is 1.64. The van der Waals surface area contributed by atoms with E-state index in [9.17, 15) is 4.79 Å². The highest BCUT2D eigenvalue weighted by Crippen LogP contribution is 2.24. The molecule has 0 unspecified atom stereocenters. The van der Waals surface area contributed by atoms with Gasteiger partial charge in [-0.2, -0.15) is 0 Å². The van der Waals surface area contributed by atoms with Gasteiger partial charge in [0.05, 0.1) is 9.88 Å².